The van der Waals surface area contributed by atoms with E-state index in [-0.39, 0.29) is 11.3 Å². The molecule has 1 atom stereocenters. The van der Waals surface area contributed by atoms with Gasteiger partial charge >= 0.3 is 0 Å². The highest BCUT2D eigenvalue weighted by Gasteiger charge is 2.24. The van der Waals surface area contributed by atoms with Crippen molar-refractivity contribution in [1.82, 2.24) is 19.5 Å². The molecule has 2 N–H and O–H groups in total. The monoisotopic (exact) mass is 462 g/mol. The van der Waals surface area contributed by atoms with Gasteiger partial charge in [0.2, 0.25) is 6.23 Å². The number of nitrogens with zero attached hydrogens (tertiary/aromatic N) is 5. The van der Waals surface area contributed by atoms with E-state index in [1.54, 1.807) is 0 Å². The Hall–Kier alpha value is -3.43. The van der Waals surface area contributed by atoms with Gasteiger partial charge in [0.1, 0.15) is 0 Å². The number of benzene rings is 1. The molecule has 1 aliphatic heterocycles. The van der Waals surface area contributed by atoms with E-state index in [1.807, 2.05) is 51.4 Å². The zero-order valence-corrected chi connectivity index (χ0v) is 19.9. The molecular weight excluding hydrogens is 432 g/mol. The summed E-state index contributed by atoms with van der Waals surface area (Å²) in [5.74, 6) is 0.693. The minimum absolute atomic E-state index is 0.140. The topological polar surface area (TPSA) is 101 Å². The number of pyridine rings is 1. The Morgan fingerprint density at radius 3 is 2.68 bits per heavy atom. The lowest BCUT2D eigenvalue weighted by Crippen LogP contribution is -2.36. The van der Waals surface area contributed by atoms with Gasteiger partial charge in [0, 0.05) is 48.3 Å². The Balaban J connectivity index is 1.46. The van der Waals surface area contributed by atoms with Crippen molar-refractivity contribution in [1.29, 1.82) is 0 Å². The number of rotatable bonds is 5. The number of aromatic nitrogens is 4. The minimum atomic E-state index is -1.11. The summed E-state index contributed by atoms with van der Waals surface area (Å²) in [5.41, 5.74) is 5.76. The summed E-state index contributed by atoms with van der Waals surface area (Å²) in [6, 6.07) is 8.18. The summed E-state index contributed by atoms with van der Waals surface area (Å²) >= 11 is 0. The van der Waals surface area contributed by atoms with E-state index in [4.69, 9.17) is 9.26 Å². The van der Waals surface area contributed by atoms with Gasteiger partial charge in [-0.05, 0) is 36.2 Å². The molecule has 4 heterocycles. The summed E-state index contributed by atoms with van der Waals surface area (Å²) < 4.78 is 12.9. The second kappa shape index (κ2) is 8.73. The summed E-state index contributed by atoms with van der Waals surface area (Å²) in [7, 11) is 0. The van der Waals surface area contributed by atoms with E-state index in [9.17, 15) is 5.11 Å². The van der Waals surface area contributed by atoms with E-state index in [0.29, 0.717) is 19.0 Å². The van der Waals surface area contributed by atoms with Gasteiger partial charge in [-0.2, -0.15) is 4.98 Å². The highest BCUT2D eigenvalue weighted by molar-refractivity contribution is 5.80. The summed E-state index contributed by atoms with van der Waals surface area (Å²) in [6.45, 7) is 11.1. The van der Waals surface area contributed by atoms with Gasteiger partial charge < -0.3 is 29.0 Å². The van der Waals surface area contributed by atoms with Gasteiger partial charge in [0.15, 0.2) is 11.5 Å². The Kier molecular flexibility index (Phi) is 5.75. The third-order valence-electron chi connectivity index (χ3n) is 6.02. The van der Waals surface area contributed by atoms with Crippen LogP contribution in [0.4, 0.5) is 11.4 Å². The second-order valence-corrected chi connectivity index (χ2v) is 9.65. The maximum absolute atomic E-state index is 10.7. The van der Waals surface area contributed by atoms with Crippen LogP contribution in [0.3, 0.4) is 0 Å². The highest BCUT2D eigenvalue weighted by atomic mass is 16.5. The lowest BCUT2D eigenvalue weighted by molar-refractivity contribution is 0.123. The maximum Gasteiger partial charge on any atom is 0.276 e. The molecule has 0 radical (unpaired) electrons. The third kappa shape index (κ3) is 4.36. The molecule has 4 aromatic rings. The number of imidazole rings is 1. The lowest BCUT2D eigenvalue weighted by Gasteiger charge is -2.29. The van der Waals surface area contributed by atoms with Crippen molar-refractivity contribution in [2.24, 2.45) is 0 Å². The zero-order valence-electron chi connectivity index (χ0n) is 19.9. The van der Waals surface area contributed by atoms with Crippen LogP contribution in [0.1, 0.15) is 44.3 Å². The van der Waals surface area contributed by atoms with Gasteiger partial charge in [0.05, 0.1) is 18.9 Å². The molecule has 0 amide bonds. The average molecular weight is 463 g/mol. The SMILES string of the molecule is Cc1ccc(NC(O)c2nc(C(C)(C)C)no2)cc1-c1cc(N2CCOCC2)c2nccn2c1. The van der Waals surface area contributed by atoms with Crippen LogP contribution in [0.5, 0.6) is 0 Å². The molecule has 9 heteroatoms. The first-order valence-corrected chi connectivity index (χ1v) is 11.5. The second-order valence-electron chi connectivity index (χ2n) is 9.65. The predicted molar refractivity (Wildman–Crippen MR) is 130 cm³/mol. The molecule has 178 valence electrons. The van der Waals surface area contributed by atoms with Crippen LogP contribution in [0.15, 0.2) is 47.4 Å². The molecule has 3 aromatic heterocycles. The predicted octanol–water partition coefficient (Wildman–Crippen LogP) is 3.93. The number of aliphatic hydroxyl groups is 1. The van der Waals surface area contributed by atoms with Crippen molar-refractivity contribution in [3.63, 3.8) is 0 Å². The lowest BCUT2D eigenvalue weighted by atomic mass is 9.96. The molecule has 34 heavy (non-hydrogen) atoms. The Morgan fingerprint density at radius 1 is 1.15 bits per heavy atom. The molecular formula is C25H30N6O3. The Labute approximate surface area is 198 Å². The number of nitrogens with one attached hydrogen (secondary N) is 1. The number of hydrogen-bond acceptors (Lipinski definition) is 8. The van der Waals surface area contributed by atoms with E-state index >= 15 is 0 Å². The molecule has 0 aliphatic carbocycles. The average Bonchev–Trinajstić information content (AvgIpc) is 3.50. The molecule has 0 spiro atoms. The standard InChI is InChI=1S/C25H30N6O3/c1-16-5-6-18(27-22(32)23-28-24(29-34-23)25(2,3)4)14-19(16)17-13-20(30-9-11-33-12-10-30)21-26-7-8-31(21)15-17/h5-8,13-15,22,27,32H,9-12H2,1-4H3. The van der Waals surface area contributed by atoms with Gasteiger partial charge in [-0.25, -0.2) is 4.98 Å². The van der Waals surface area contributed by atoms with Crippen LogP contribution in [0.2, 0.25) is 0 Å². The number of aliphatic hydroxyl groups excluding tert-OH is 1. The first-order valence-electron chi connectivity index (χ1n) is 11.5. The molecule has 1 fully saturated rings. The normalized spacial score (nSPS) is 15.6. The highest BCUT2D eigenvalue weighted by Crippen LogP contribution is 2.33. The van der Waals surface area contributed by atoms with Crippen LogP contribution in [-0.4, -0.2) is 50.9 Å². The first kappa shape index (κ1) is 22.4. The van der Waals surface area contributed by atoms with Gasteiger partial charge in [0.25, 0.3) is 5.89 Å². The van der Waals surface area contributed by atoms with E-state index < -0.39 is 6.23 Å². The molecule has 9 nitrogen and oxygen atoms in total. The molecule has 1 saturated heterocycles. The quantitative estimate of drug-likeness (QED) is 0.430. The summed E-state index contributed by atoms with van der Waals surface area (Å²) in [5, 5.41) is 17.8. The van der Waals surface area contributed by atoms with Gasteiger partial charge in [-0.15, -0.1) is 0 Å². The number of fused-ring (bicyclic) bond motifs is 1. The van der Waals surface area contributed by atoms with E-state index in [1.165, 1.54) is 0 Å². The number of hydrogen-bond donors (Lipinski definition) is 2. The third-order valence-corrected chi connectivity index (χ3v) is 6.02. The van der Waals surface area contributed by atoms with Crippen LogP contribution < -0.4 is 10.2 Å². The van der Waals surface area contributed by atoms with Crippen molar-refractivity contribution < 1.29 is 14.4 Å². The Morgan fingerprint density at radius 2 is 1.94 bits per heavy atom. The van der Waals surface area contributed by atoms with Crippen molar-refractivity contribution in [3.05, 3.63) is 60.1 Å². The van der Waals surface area contributed by atoms with Crippen LogP contribution in [0.25, 0.3) is 16.8 Å². The van der Waals surface area contributed by atoms with Crippen LogP contribution >= 0.6 is 0 Å². The van der Waals surface area contributed by atoms with Crippen LogP contribution in [0, 0.1) is 6.92 Å². The summed E-state index contributed by atoms with van der Waals surface area (Å²) in [4.78, 5) is 11.2. The number of aryl methyl sites for hydroxylation is 1. The van der Waals surface area contributed by atoms with Gasteiger partial charge in [-0.1, -0.05) is 32.0 Å². The fourth-order valence-corrected chi connectivity index (χ4v) is 4.09. The van der Waals surface area contributed by atoms with Crippen molar-refractivity contribution in [2.45, 2.75) is 39.3 Å². The molecule has 0 saturated carbocycles. The fourth-order valence-electron chi connectivity index (χ4n) is 4.09. The van der Waals surface area contributed by atoms with Crippen molar-refractivity contribution in [2.75, 3.05) is 36.5 Å². The Bertz CT molecular complexity index is 1300. The zero-order chi connectivity index (χ0) is 23.9. The minimum Gasteiger partial charge on any atom is -0.378 e. The first-order chi connectivity index (χ1) is 16.3. The maximum atomic E-state index is 10.7. The van der Waals surface area contributed by atoms with Gasteiger partial charge in [-0.3, -0.25) is 0 Å². The largest absolute Gasteiger partial charge is 0.378 e. The fraction of sp³-hybridized carbons (Fsp3) is 0.400. The van der Waals surface area contributed by atoms with E-state index in [2.05, 4.69) is 48.9 Å². The number of anilines is 2. The van der Waals surface area contributed by atoms with Crippen LogP contribution in [-0.2, 0) is 10.2 Å². The molecule has 1 unspecified atom stereocenters. The smallest absolute Gasteiger partial charge is 0.276 e. The molecule has 1 aromatic carbocycles. The van der Waals surface area contributed by atoms with Crippen molar-refractivity contribution in [3.8, 4) is 11.1 Å². The molecule has 1 aliphatic rings. The number of morpholine rings is 1. The molecule has 5 rings (SSSR count). The van der Waals surface area contributed by atoms with E-state index in [0.717, 1.165) is 46.8 Å². The number of ether oxygens (including phenoxy) is 1. The van der Waals surface area contributed by atoms with Crippen molar-refractivity contribution >= 4 is 17.0 Å². The molecule has 0 bridgehead atoms. The summed E-state index contributed by atoms with van der Waals surface area (Å²) in [6.07, 6.45) is 4.76.